The van der Waals surface area contributed by atoms with Gasteiger partial charge in [0.05, 0.1) is 6.10 Å². The van der Waals surface area contributed by atoms with Crippen molar-refractivity contribution in [3.63, 3.8) is 0 Å². The number of nitrogens with two attached hydrogens (primary N) is 1. The summed E-state index contributed by atoms with van der Waals surface area (Å²) in [5.41, 5.74) is 6.86. The Hall–Kier alpha value is -1.70. The third-order valence-corrected chi connectivity index (χ3v) is 4.76. The average molecular weight is 269 g/mol. The fourth-order valence-corrected chi connectivity index (χ4v) is 3.18. The molecule has 1 saturated carbocycles. The first-order valence-electron chi connectivity index (χ1n) is 7.59. The molecule has 0 spiro atoms. The Balaban J connectivity index is 1.86. The van der Waals surface area contributed by atoms with E-state index in [9.17, 15) is 0 Å². The second kappa shape index (κ2) is 5.35. The molecule has 106 valence electrons. The van der Waals surface area contributed by atoms with Gasteiger partial charge in [0.2, 0.25) is 0 Å². The van der Waals surface area contributed by atoms with Crippen LogP contribution in [0.4, 0.5) is 5.69 Å². The first kappa shape index (κ1) is 13.3. The normalized spacial score (nSPS) is 26.6. The lowest BCUT2D eigenvalue weighted by Gasteiger charge is -2.32. The molecule has 1 aliphatic carbocycles. The van der Waals surface area contributed by atoms with Crippen LogP contribution in [0.3, 0.4) is 0 Å². The zero-order valence-corrected chi connectivity index (χ0v) is 12.3. The van der Waals surface area contributed by atoms with Gasteiger partial charge in [0, 0.05) is 16.5 Å². The van der Waals surface area contributed by atoms with Crippen molar-refractivity contribution in [1.82, 2.24) is 0 Å². The second-order valence-corrected chi connectivity index (χ2v) is 6.21. The van der Waals surface area contributed by atoms with Crippen molar-refractivity contribution in [2.75, 3.05) is 5.73 Å². The Morgan fingerprint density at radius 2 is 1.70 bits per heavy atom. The summed E-state index contributed by atoms with van der Waals surface area (Å²) >= 11 is 0. The molecule has 3 atom stereocenters. The standard InChI is InChI=1S/C18H23NO/c1-12-7-8-14(11-13(12)2)20-18-10-9-17(19)15-5-3-4-6-16(15)18/h3-6,9-10,12-14H,7-8,11,19H2,1-2H3. The maximum Gasteiger partial charge on any atom is 0.127 e. The zero-order chi connectivity index (χ0) is 14.1. The van der Waals surface area contributed by atoms with Gasteiger partial charge in [0.15, 0.2) is 0 Å². The van der Waals surface area contributed by atoms with Crippen molar-refractivity contribution in [3.05, 3.63) is 36.4 Å². The van der Waals surface area contributed by atoms with Gasteiger partial charge in [-0.05, 0) is 43.2 Å². The topological polar surface area (TPSA) is 35.2 Å². The van der Waals surface area contributed by atoms with E-state index in [4.69, 9.17) is 10.5 Å². The highest BCUT2D eigenvalue weighted by atomic mass is 16.5. The van der Waals surface area contributed by atoms with Crippen molar-refractivity contribution in [2.45, 2.75) is 39.2 Å². The molecular weight excluding hydrogens is 246 g/mol. The molecular formula is C18H23NO. The number of ether oxygens (including phenoxy) is 1. The Labute approximate surface area is 120 Å². The number of fused-ring (bicyclic) bond motifs is 1. The molecule has 3 rings (SSSR count). The summed E-state index contributed by atoms with van der Waals surface area (Å²) < 4.78 is 6.29. The first-order valence-corrected chi connectivity index (χ1v) is 7.59. The summed E-state index contributed by atoms with van der Waals surface area (Å²) in [6, 6.07) is 12.2. The van der Waals surface area contributed by atoms with Crippen LogP contribution < -0.4 is 10.5 Å². The highest BCUT2D eigenvalue weighted by Crippen LogP contribution is 2.35. The summed E-state index contributed by atoms with van der Waals surface area (Å²) in [6.45, 7) is 4.68. The minimum Gasteiger partial charge on any atom is -0.490 e. The predicted molar refractivity (Wildman–Crippen MR) is 85.0 cm³/mol. The van der Waals surface area contributed by atoms with E-state index in [1.54, 1.807) is 0 Å². The van der Waals surface area contributed by atoms with E-state index >= 15 is 0 Å². The van der Waals surface area contributed by atoms with E-state index in [1.807, 2.05) is 24.3 Å². The Kier molecular flexibility index (Phi) is 3.56. The molecule has 0 bridgehead atoms. The lowest BCUT2D eigenvalue weighted by atomic mass is 9.80. The number of anilines is 1. The number of hydrogen-bond donors (Lipinski definition) is 1. The van der Waals surface area contributed by atoms with Crippen LogP contribution in [0, 0.1) is 11.8 Å². The Morgan fingerprint density at radius 3 is 2.45 bits per heavy atom. The van der Waals surface area contributed by atoms with Gasteiger partial charge in [-0.25, -0.2) is 0 Å². The van der Waals surface area contributed by atoms with Gasteiger partial charge in [-0.3, -0.25) is 0 Å². The van der Waals surface area contributed by atoms with Gasteiger partial charge in [0.25, 0.3) is 0 Å². The monoisotopic (exact) mass is 269 g/mol. The van der Waals surface area contributed by atoms with Gasteiger partial charge >= 0.3 is 0 Å². The maximum atomic E-state index is 6.29. The highest BCUT2D eigenvalue weighted by Gasteiger charge is 2.26. The van der Waals surface area contributed by atoms with Crippen LogP contribution in [0.2, 0.25) is 0 Å². The van der Waals surface area contributed by atoms with Crippen molar-refractivity contribution in [1.29, 1.82) is 0 Å². The van der Waals surface area contributed by atoms with Gasteiger partial charge in [-0.15, -0.1) is 0 Å². The zero-order valence-electron chi connectivity index (χ0n) is 12.3. The molecule has 20 heavy (non-hydrogen) atoms. The summed E-state index contributed by atoms with van der Waals surface area (Å²) in [4.78, 5) is 0. The molecule has 2 aromatic rings. The fraction of sp³-hybridized carbons (Fsp3) is 0.444. The summed E-state index contributed by atoms with van der Waals surface area (Å²) in [5, 5.41) is 2.21. The van der Waals surface area contributed by atoms with E-state index in [2.05, 4.69) is 26.0 Å². The van der Waals surface area contributed by atoms with Gasteiger partial charge in [-0.2, -0.15) is 0 Å². The van der Waals surface area contributed by atoms with Crippen LogP contribution in [0.1, 0.15) is 33.1 Å². The molecule has 1 fully saturated rings. The summed E-state index contributed by atoms with van der Waals surface area (Å²) in [7, 11) is 0. The Morgan fingerprint density at radius 1 is 0.950 bits per heavy atom. The Bertz CT molecular complexity index is 607. The van der Waals surface area contributed by atoms with Crippen molar-refractivity contribution >= 4 is 16.5 Å². The van der Waals surface area contributed by atoms with Gasteiger partial charge < -0.3 is 10.5 Å². The molecule has 0 heterocycles. The summed E-state index contributed by atoms with van der Waals surface area (Å²) in [5.74, 6) is 2.54. The third kappa shape index (κ3) is 2.47. The quantitative estimate of drug-likeness (QED) is 0.807. The molecule has 0 radical (unpaired) electrons. The molecule has 2 aromatic carbocycles. The van der Waals surface area contributed by atoms with E-state index in [-0.39, 0.29) is 0 Å². The number of benzene rings is 2. The smallest absolute Gasteiger partial charge is 0.127 e. The third-order valence-electron chi connectivity index (χ3n) is 4.76. The summed E-state index contributed by atoms with van der Waals surface area (Å²) in [6.07, 6.45) is 3.91. The van der Waals surface area contributed by atoms with Crippen LogP contribution in [0.15, 0.2) is 36.4 Å². The van der Waals surface area contributed by atoms with E-state index in [0.717, 1.165) is 46.9 Å². The van der Waals surface area contributed by atoms with Crippen LogP contribution >= 0.6 is 0 Å². The predicted octanol–water partition coefficient (Wildman–Crippen LogP) is 4.63. The molecule has 0 aromatic heterocycles. The van der Waals surface area contributed by atoms with E-state index in [0.29, 0.717) is 6.10 Å². The lowest BCUT2D eigenvalue weighted by molar-refractivity contribution is 0.102. The largest absolute Gasteiger partial charge is 0.490 e. The van der Waals surface area contributed by atoms with Crippen molar-refractivity contribution in [2.24, 2.45) is 11.8 Å². The van der Waals surface area contributed by atoms with Gasteiger partial charge in [-0.1, -0.05) is 38.1 Å². The highest BCUT2D eigenvalue weighted by molar-refractivity contribution is 5.96. The van der Waals surface area contributed by atoms with E-state index < -0.39 is 0 Å². The molecule has 0 aliphatic heterocycles. The van der Waals surface area contributed by atoms with Crippen LogP contribution in [-0.4, -0.2) is 6.10 Å². The molecule has 0 amide bonds. The maximum absolute atomic E-state index is 6.29. The van der Waals surface area contributed by atoms with Crippen molar-refractivity contribution in [3.8, 4) is 5.75 Å². The fourth-order valence-electron chi connectivity index (χ4n) is 3.18. The van der Waals surface area contributed by atoms with Crippen LogP contribution in [-0.2, 0) is 0 Å². The lowest BCUT2D eigenvalue weighted by Crippen LogP contribution is -2.28. The second-order valence-electron chi connectivity index (χ2n) is 6.21. The minimum atomic E-state index is 0.341. The number of rotatable bonds is 2. The average Bonchev–Trinajstić information content (AvgIpc) is 2.46. The van der Waals surface area contributed by atoms with Crippen molar-refractivity contribution < 1.29 is 4.74 Å². The molecule has 2 heteroatoms. The molecule has 1 aliphatic rings. The van der Waals surface area contributed by atoms with Crippen LogP contribution in [0.5, 0.6) is 5.75 Å². The molecule has 2 nitrogen and oxygen atoms in total. The van der Waals surface area contributed by atoms with Crippen LogP contribution in [0.25, 0.3) is 10.8 Å². The van der Waals surface area contributed by atoms with Gasteiger partial charge in [0.1, 0.15) is 5.75 Å². The SMILES string of the molecule is CC1CCC(Oc2ccc(N)c3ccccc23)CC1C. The first-order chi connectivity index (χ1) is 9.65. The molecule has 3 unspecified atom stereocenters. The number of nitrogen functional groups attached to an aromatic ring is 1. The molecule has 0 saturated heterocycles. The molecule has 2 N–H and O–H groups in total. The van der Waals surface area contributed by atoms with E-state index in [1.165, 1.54) is 6.42 Å². The minimum absolute atomic E-state index is 0.341. The number of hydrogen-bond acceptors (Lipinski definition) is 2.